The van der Waals surface area contributed by atoms with E-state index < -0.39 is 6.61 Å². The molecule has 0 fully saturated rings. The Morgan fingerprint density at radius 3 is 2.26 bits per heavy atom. The minimum Gasteiger partial charge on any atom is -0.435 e. The molecule has 1 heterocycles. The molecule has 0 unspecified atom stereocenters. The maximum Gasteiger partial charge on any atom is 0.387 e. The van der Waals surface area contributed by atoms with Crippen molar-refractivity contribution < 1.29 is 13.5 Å². The molecule has 0 saturated carbocycles. The summed E-state index contributed by atoms with van der Waals surface area (Å²) in [5.74, 6) is 1.20. The minimum absolute atomic E-state index is 0.102. The van der Waals surface area contributed by atoms with Gasteiger partial charge in [-0.25, -0.2) is 4.98 Å². The largest absolute Gasteiger partial charge is 0.435 e. The predicted molar refractivity (Wildman–Crippen MR) is 103 cm³/mol. The Bertz CT molecular complexity index is 871. The van der Waals surface area contributed by atoms with Crippen LogP contribution in [0.5, 0.6) is 5.75 Å². The van der Waals surface area contributed by atoms with Crippen LogP contribution in [-0.2, 0) is 0 Å². The zero-order chi connectivity index (χ0) is 19.2. The lowest BCUT2D eigenvalue weighted by atomic mass is 10.1. The van der Waals surface area contributed by atoms with Crippen LogP contribution in [0.2, 0.25) is 0 Å². The number of anilines is 3. The molecule has 2 N–H and O–H groups in total. The van der Waals surface area contributed by atoms with Crippen molar-refractivity contribution in [2.24, 2.45) is 0 Å². The molecule has 0 atom stereocenters. The second-order valence-corrected chi connectivity index (χ2v) is 6.15. The first-order valence-corrected chi connectivity index (χ1v) is 8.52. The lowest BCUT2D eigenvalue weighted by Gasteiger charge is -2.13. The number of aromatic nitrogens is 2. The molecule has 0 aliphatic rings. The molecule has 7 heteroatoms. The van der Waals surface area contributed by atoms with Crippen LogP contribution in [-0.4, -0.2) is 22.6 Å². The highest BCUT2D eigenvalue weighted by Gasteiger charge is 2.09. The number of nitrogens with one attached hydrogen (secondary N) is 2. The summed E-state index contributed by atoms with van der Waals surface area (Å²) in [5, 5.41) is 6.38. The number of nitrogens with zero attached hydrogens (tertiary/aromatic N) is 2. The van der Waals surface area contributed by atoms with Gasteiger partial charge >= 0.3 is 6.61 Å². The van der Waals surface area contributed by atoms with Gasteiger partial charge in [0.2, 0.25) is 5.95 Å². The van der Waals surface area contributed by atoms with Gasteiger partial charge in [0.05, 0.1) is 5.69 Å². The van der Waals surface area contributed by atoms with Gasteiger partial charge in [-0.05, 0) is 38.1 Å². The molecule has 0 amide bonds. The molecular formula is C20H20F2N4O. The van der Waals surface area contributed by atoms with Crippen LogP contribution in [0.4, 0.5) is 26.2 Å². The lowest BCUT2D eigenvalue weighted by Crippen LogP contribution is -2.13. The fraction of sp³-hybridized carbons (Fsp3) is 0.200. The summed E-state index contributed by atoms with van der Waals surface area (Å²) in [4.78, 5) is 9.05. The van der Waals surface area contributed by atoms with E-state index in [1.165, 1.54) is 12.1 Å². The number of hydrogen-bond acceptors (Lipinski definition) is 5. The standard InChI is InChI=1S/C20H20F2N4O/c1-13(2)23-20-25-17(14-6-4-3-5-7-14)12-18(26-20)24-15-8-10-16(11-9-15)27-19(21)22/h3-13,19H,1-2H3,(H2,23,24,25,26). The molecule has 0 aliphatic carbocycles. The molecule has 0 saturated heterocycles. The third-order valence-electron chi connectivity index (χ3n) is 3.57. The summed E-state index contributed by atoms with van der Waals surface area (Å²) >= 11 is 0. The van der Waals surface area contributed by atoms with Crippen molar-refractivity contribution in [2.75, 3.05) is 10.6 Å². The van der Waals surface area contributed by atoms with Crippen LogP contribution >= 0.6 is 0 Å². The van der Waals surface area contributed by atoms with Crippen LogP contribution in [0.15, 0.2) is 60.7 Å². The van der Waals surface area contributed by atoms with E-state index in [1.54, 1.807) is 12.1 Å². The quantitative estimate of drug-likeness (QED) is 0.590. The fourth-order valence-electron chi connectivity index (χ4n) is 2.46. The van der Waals surface area contributed by atoms with E-state index in [9.17, 15) is 8.78 Å². The van der Waals surface area contributed by atoms with Gasteiger partial charge in [0.25, 0.3) is 0 Å². The van der Waals surface area contributed by atoms with Crippen molar-refractivity contribution >= 4 is 17.5 Å². The van der Waals surface area contributed by atoms with E-state index in [0.717, 1.165) is 11.3 Å². The van der Waals surface area contributed by atoms with Crippen molar-refractivity contribution in [3.05, 3.63) is 60.7 Å². The van der Waals surface area contributed by atoms with Gasteiger partial charge in [-0.3, -0.25) is 0 Å². The van der Waals surface area contributed by atoms with E-state index in [4.69, 9.17) is 0 Å². The highest BCUT2D eigenvalue weighted by Crippen LogP contribution is 2.25. The third-order valence-corrected chi connectivity index (χ3v) is 3.57. The summed E-state index contributed by atoms with van der Waals surface area (Å²) in [7, 11) is 0. The van der Waals surface area contributed by atoms with E-state index in [2.05, 4.69) is 25.3 Å². The minimum atomic E-state index is -2.84. The summed E-state index contributed by atoms with van der Waals surface area (Å²) in [6.07, 6.45) is 0. The first-order chi connectivity index (χ1) is 13.0. The monoisotopic (exact) mass is 370 g/mol. The van der Waals surface area contributed by atoms with E-state index in [0.29, 0.717) is 17.5 Å². The Morgan fingerprint density at radius 2 is 1.63 bits per heavy atom. The number of rotatable bonds is 7. The molecule has 1 aromatic heterocycles. The normalized spacial score (nSPS) is 10.9. The van der Waals surface area contributed by atoms with Crippen molar-refractivity contribution in [3.63, 3.8) is 0 Å². The van der Waals surface area contributed by atoms with Crippen molar-refractivity contribution in [3.8, 4) is 17.0 Å². The highest BCUT2D eigenvalue weighted by molar-refractivity contribution is 5.67. The molecule has 27 heavy (non-hydrogen) atoms. The Balaban J connectivity index is 1.87. The number of halogens is 2. The molecule has 2 aromatic carbocycles. The molecule has 3 rings (SSSR count). The summed E-state index contributed by atoms with van der Waals surface area (Å²) in [5.41, 5.74) is 2.44. The van der Waals surface area contributed by atoms with Crippen LogP contribution in [0.25, 0.3) is 11.3 Å². The average molecular weight is 370 g/mol. The zero-order valence-corrected chi connectivity index (χ0v) is 15.0. The SMILES string of the molecule is CC(C)Nc1nc(Nc2ccc(OC(F)F)cc2)cc(-c2ccccc2)n1. The maximum atomic E-state index is 12.3. The van der Waals surface area contributed by atoms with Crippen LogP contribution in [0, 0.1) is 0 Å². The third kappa shape index (κ3) is 5.37. The Labute approximate surface area is 156 Å². The molecule has 0 bridgehead atoms. The number of ether oxygens (including phenoxy) is 1. The highest BCUT2D eigenvalue weighted by atomic mass is 19.3. The van der Waals surface area contributed by atoms with Gasteiger partial charge in [0.1, 0.15) is 11.6 Å². The summed E-state index contributed by atoms with van der Waals surface area (Å²) in [6, 6.07) is 18.0. The molecular weight excluding hydrogens is 350 g/mol. The fourth-order valence-corrected chi connectivity index (χ4v) is 2.46. The van der Waals surface area contributed by atoms with Gasteiger partial charge < -0.3 is 15.4 Å². The van der Waals surface area contributed by atoms with Crippen LogP contribution in [0.3, 0.4) is 0 Å². The molecule has 3 aromatic rings. The number of benzene rings is 2. The second kappa shape index (κ2) is 8.44. The van der Waals surface area contributed by atoms with Gasteiger partial charge in [-0.2, -0.15) is 13.8 Å². The first kappa shape index (κ1) is 18.6. The van der Waals surface area contributed by atoms with E-state index >= 15 is 0 Å². The van der Waals surface area contributed by atoms with Gasteiger partial charge in [0.15, 0.2) is 0 Å². The second-order valence-electron chi connectivity index (χ2n) is 6.15. The first-order valence-electron chi connectivity index (χ1n) is 8.52. The number of hydrogen-bond donors (Lipinski definition) is 2. The zero-order valence-electron chi connectivity index (χ0n) is 15.0. The molecule has 140 valence electrons. The smallest absolute Gasteiger partial charge is 0.387 e. The summed E-state index contributed by atoms with van der Waals surface area (Å²) < 4.78 is 28.9. The van der Waals surface area contributed by atoms with Crippen molar-refractivity contribution in [2.45, 2.75) is 26.5 Å². The van der Waals surface area contributed by atoms with Gasteiger partial charge in [0, 0.05) is 23.4 Å². The predicted octanol–water partition coefficient (Wildman–Crippen LogP) is 5.31. The molecule has 0 spiro atoms. The topological polar surface area (TPSA) is 59.1 Å². The Kier molecular flexibility index (Phi) is 5.80. The Morgan fingerprint density at radius 1 is 0.926 bits per heavy atom. The molecule has 0 radical (unpaired) electrons. The maximum absolute atomic E-state index is 12.3. The Hall–Kier alpha value is -3.22. The van der Waals surface area contributed by atoms with E-state index in [1.807, 2.05) is 50.2 Å². The summed E-state index contributed by atoms with van der Waals surface area (Å²) in [6.45, 7) is 1.17. The van der Waals surface area contributed by atoms with Crippen LogP contribution < -0.4 is 15.4 Å². The van der Waals surface area contributed by atoms with Gasteiger partial charge in [-0.15, -0.1) is 0 Å². The molecule has 0 aliphatic heterocycles. The molecule has 5 nitrogen and oxygen atoms in total. The van der Waals surface area contributed by atoms with Gasteiger partial charge in [-0.1, -0.05) is 30.3 Å². The van der Waals surface area contributed by atoms with E-state index in [-0.39, 0.29) is 11.8 Å². The average Bonchev–Trinajstić information content (AvgIpc) is 2.63. The van der Waals surface area contributed by atoms with Crippen LogP contribution in [0.1, 0.15) is 13.8 Å². The lowest BCUT2D eigenvalue weighted by molar-refractivity contribution is -0.0498. The number of alkyl halides is 2. The van der Waals surface area contributed by atoms with Crippen molar-refractivity contribution in [1.82, 2.24) is 9.97 Å². The van der Waals surface area contributed by atoms with Crippen molar-refractivity contribution in [1.29, 1.82) is 0 Å².